The summed E-state index contributed by atoms with van der Waals surface area (Å²) < 4.78 is 5.32. The maximum absolute atomic E-state index is 12.6. The van der Waals surface area contributed by atoms with Crippen LogP contribution in [0.5, 0.6) is 0 Å². The Hall–Kier alpha value is -1.29. The third-order valence-electron chi connectivity index (χ3n) is 3.81. The van der Waals surface area contributed by atoms with E-state index in [1.165, 1.54) is 0 Å². The number of aliphatic hydroxyl groups excluding tert-OH is 1. The van der Waals surface area contributed by atoms with Gasteiger partial charge in [-0.15, -0.1) is 0 Å². The molecule has 4 nitrogen and oxygen atoms in total. The summed E-state index contributed by atoms with van der Waals surface area (Å²) >= 11 is 0. The number of likely N-dealkylation sites (tertiary alicyclic amines) is 1. The number of hydrogen-bond acceptors (Lipinski definition) is 3. The zero-order chi connectivity index (χ0) is 13.8. The van der Waals surface area contributed by atoms with Crippen molar-refractivity contribution in [3.05, 3.63) is 23.7 Å². The lowest BCUT2D eigenvalue weighted by Crippen LogP contribution is -2.41. The van der Waals surface area contributed by atoms with Crippen molar-refractivity contribution in [1.82, 2.24) is 4.90 Å². The zero-order valence-electron chi connectivity index (χ0n) is 11.8. The number of nitrogens with zero attached hydrogens (tertiary/aromatic N) is 1. The summed E-state index contributed by atoms with van der Waals surface area (Å²) in [4.78, 5) is 14.5. The van der Waals surface area contributed by atoms with Crippen molar-refractivity contribution >= 4 is 5.91 Å². The van der Waals surface area contributed by atoms with Gasteiger partial charge in [0.25, 0.3) is 5.91 Å². The summed E-state index contributed by atoms with van der Waals surface area (Å²) in [5, 5.41) is 9.62. The molecule has 2 unspecified atom stereocenters. The third-order valence-corrected chi connectivity index (χ3v) is 3.81. The summed E-state index contributed by atoms with van der Waals surface area (Å²) in [5.74, 6) is 0.410. The van der Waals surface area contributed by atoms with Gasteiger partial charge in [-0.3, -0.25) is 4.79 Å². The van der Waals surface area contributed by atoms with Crippen LogP contribution in [0.1, 0.15) is 55.1 Å². The quantitative estimate of drug-likeness (QED) is 0.914. The smallest absolute Gasteiger partial charge is 0.290 e. The van der Waals surface area contributed by atoms with Crippen LogP contribution in [-0.4, -0.2) is 34.6 Å². The second kappa shape index (κ2) is 6.24. The molecule has 1 aromatic heterocycles. The van der Waals surface area contributed by atoms with Crippen molar-refractivity contribution < 1.29 is 14.3 Å². The largest absolute Gasteiger partial charge is 0.459 e. The number of furan rings is 1. The van der Waals surface area contributed by atoms with Gasteiger partial charge in [0, 0.05) is 18.2 Å². The fourth-order valence-corrected chi connectivity index (χ4v) is 2.81. The van der Waals surface area contributed by atoms with Gasteiger partial charge >= 0.3 is 0 Å². The molecule has 19 heavy (non-hydrogen) atoms. The number of hydrogen-bond donors (Lipinski definition) is 1. The van der Waals surface area contributed by atoms with Crippen LogP contribution in [-0.2, 0) is 0 Å². The standard InChI is InChI=1S/C15H23NO3/c1-11-7-9-19-14(11)15(18)16-8-5-3-4-6-13(16)10-12(2)17/h7,9,12-13,17H,3-6,8,10H2,1-2H3. The molecule has 4 heteroatoms. The van der Waals surface area contributed by atoms with E-state index in [0.29, 0.717) is 12.2 Å². The second-order valence-electron chi connectivity index (χ2n) is 5.52. The first kappa shape index (κ1) is 14.1. The van der Waals surface area contributed by atoms with Gasteiger partial charge in [0.15, 0.2) is 5.76 Å². The number of carbonyl (C=O) groups is 1. The maximum atomic E-state index is 12.6. The number of aryl methyl sites for hydroxylation is 1. The van der Waals surface area contributed by atoms with Gasteiger partial charge in [-0.05, 0) is 39.2 Å². The van der Waals surface area contributed by atoms with E-state index in [2.05, 4.69) is 0 Å². The van der Waals surface area contributed by atoms with Crippen LogP contribution < -0.4 is 0 Å². The fraction of sp³-hybridized carbons (Fsp3) is 0.667. The van der Waals surface area contributed by atoms with Crippen molar-refractivity contribution in [2.45, 2.75) is 58.1 Å². The molecule has 0 aliphatic carbocycles. The molecule has 106 valence electrons. The topological polar surface area (TPSA) is 53.7 Å². The van der Waals surface area contributed by atoms with Gasteiger partial charge in [-0.1, -0.05) is 12.8 Å². The lowest BCUT2D eigenvalue weighted by molar-refractivity contribution is 0.0575. The molecule has 1 N–H and O–H groups in total. The predicted octanol–water partition coefficient (Wildman–Crippen LogP) is 2.74. The summed E-state index contributed by atoms with van der Waals surface area (Å²) in [5.41, 5.74) is 0.880. The van der Waals surface area contributed by atoms with Gasteiger partial charge in [-0.2, -0.15) is 0 Å². The Labute approximate surface area is 114 Å². The van der Waals surface area contributed by atoms with Crippen LogP contribution in [0.2, 0.25) is 0 Å². The van der Waals surface area contributed by atoms with Crippen molar-refractivity contribution in [2.75, 3.05) is 6.54 Å². The summed E-state index contributed by atoms with van der Waals surface area (Å²) in [6, 6.07) is 1.94. The fourth-order valence-electron chi connectivity index (χ4n) is 2.81. The molecule has 0 spiro atoms. The van der Waals surface area contributed by atoms with Crippen LogP contribution in [0.15, 0.2) is 16.7 Å². The van der Waals surface area contributed by atoms with Gasteiger partial charge in [-0.25, -0.2) is 0 Å². The SMILES string of the molecule is Cc1ccoc1C(=O)N1CCCCCC1CC(C)O. The second-order valence-corrected chi connectivity index (χ2v) is 5.52. The van der Waals surface area contributed by atoms with E-state index in [1.54, 1.807) is 13.2 Å². The molecular formula is C15H23NO3. The van der Waals surface area contributed by atoms with E-state index in [0.717, 1.165) is 37.8 Å². The molecule has 2 heterocycles. The first-order chi connectivity index (χ1) is 9.09. The highest BCUT2D eigenvalue weighted by atomic mass is 16.3. The molecule has 1 aliphatic rings. The molecule has 1 amide bonds. The van der Waals surface area contributed by atoms with Crippen molar-refractivity contribution in [3.8, 4) is 0 Å². The predicted molar refractivity (Wildman–Crippen MR) is 73.0 cm³/mol. The normalized spacial score (nSPS) is 22.1. The summed E-state index contributed by atoms with van der Waals surface area (Å²) in [6.07, 6.45) is 6.10. The first-order valence-corrected chi connectivity index (χ1v) is 7.12. The number of carbonyl (C=O) groups excluding carboxylic acids is 1. The minimum Gasteiger partial charge on any atom is -0.459 e. The average molecular weight is 265 g/mol. The van der Waals surface area contributed by atoms with Gasteiger partial charge in [0.2, 0.25) is 0 Å². The number of amides is 1. The van der Waals surface area contributed by atoms with Crippen LogP contribution >= 0.6 is 0 Å². The Balaban J connectivity index is 2.17. The Morgan fingerprint density at radius 2 is 2.32 bits per heavy atom. The number of rotatable bonds is 3. The van der Waals surface area contributed by atoms with Crippen molar-refractivity contribution in [1.29, 1.82) is 0 Å². The Bertz CT molecular complexity index is 425. The minimum absolute atomic E-state index is 0.0324. The van der Waals surface area contributed by atoms with E-state index in [4.69, 9.17) is 4.42 Å². The maximum Gasteiger partial charge on any atom is 0.290 e. The number of aliphatic hydroxyl groups is 1. The monoisotopic (exact) mass is 265 g/mol. The summed E-state index contributed by atoms with van der Waals surface area (Å²) in [6.45, 7) is 4.43. The molecule has 2 atom stereocenters. The molecule has 2 rings (SSSR count). The minimum atomic E-state index is -0.379. The lowest BCUT2D eigenvalue weighted by Gasteiger charge is -2.30. The molecule has 0 bridgehead atoms. The van der Waals surface area contributed by atoms with E-state index >= 15 is 0 Å². The molecule has 1 aliphatic heterocycles. The Morgan fingerprint density at radius 3 is 2.95 bits per heavy atom. The summed E-state index contributed by atoms with van der Waals surface area (Å²) in [7, 11) is 0. The zero-order valence-corrected chi connectivity index (χ0v) is 11.8. The highest BCUT2D eigenvalue weighted by molar-refractivity contribution is 5.93. The lowest BCUT2D eigenvalue weighted by atomic mass is 10.0. The molecular weight excluding hydrogens is 242 g/mol. The van der Waals surface area contributed by atoms with E-state index in [-0.39, 0.29) is 18.1 Å². The highest BCUT2D eigenvalue weighted by Gasteiger charge is 2.29. The van der Waals surface area contributed by atoms with Gasteiger partial charge in [0.05, 0.1) is 12.4 Å². The van der Waals surface area contributed by atoms with Crippen LogP contribution in [0.4, 0.5) is 0 Å². The molecule has 1 saturated heterocycles. The van der Waals surface area contributed by atoms with Gasteiger partial charge < -0.3 is 14.4 Å². The molecule has 0 saturated carbocycles. The van der Waals surface area contributed by atoms with E-state index < -0.39 is 0 Å². The highest BCUT2D eigenvalue weighted by Crippen LogP contribution is 2.23. The van der Waals surface area contributed by atoms with E-state index in [1.807, 2.05) is 17.9 Å². The van der Waals surface area contributed by atoms with Crippen LogP contribution in [0.3, 0.4) is 0 Å². The first-order valence-electron chi connectivity index (χ1n) is 7.12. The third kappa shape index (κ3) is 3.38. The van der Waals surface area contributed by atoms with Crippen molar-refractivity contribution in [2.24, 2.45) is 0 Å². The van der Waals surface area contributed by atoms with Gasteiger partial charge in [0.1, 0.15) is 0 Å². The van der Waals surface area contributed by atoms with Crippen molar-refractivity contribution in [3.63, 3.8) is 0 Å². The van der Waals surface area contributed by atoms with E-state index in [9.17, 15) is 9.90 Å². The molecule has 1 fully saturated rings. The molecule has 1 aromatic rings. The van der Waals surface area contributed by atoms with Crippen LogP contribution in [0, 0.1) is 6.92 Å². The molecule has 0 aromatic carbocycles. The average Bonchev–Trinajstić information content (AvgIpc) is 2.64. The molecule has 0 radical (unpaired) electrons. The Morgan fingerprint density at radius 1 is 1.53 bits per heavy atom. The van der Waals surface area contributed by atoms with Crippen LogP contribution in [0.25, 0.3) is 0 Å². The Kier molecular flexibility index (Phi) is 4.64.